The van der Waals surface area contributed by atoms with Gasteiger partial charge >= 0.3 is 0 Å². The van der Waals surface area contributed by atoms with Gasteiger partial charge in [-0.2, -0.15) is 0 Å². The number of hydrogen-bond donors (Lipinski definition) is 1. The van der Waals surface area contributed by atoms with Gasteiger partial charge in [0.1, 0.15) is 0 Å². The van der Waals surface area contributed by atoms with Crippen LogP contribution < -0.4 is 5.32 Å². The van der Waals surface area contributed by atoms with E-state index < -0.39 is 0 Å². The van der Waals surface area contributed by atoms with E-state index in [-0.39, 0.29) is 6.10 Å². The summed E-state index contributed by atoms with van der Waals surface area (Å²) in [6, 6.07) is 0. The van der Waals surface area contributed by atoms with Crippen molar-refractivity contribution in [2.75, 3.05) is 59.3 Å². The van der Waals surface area contributed by atoms with E-state index >= 15 is 0 Å². The van der Waals surface area contributed by atoms with Crippen molar-refractivity contribution in [3.8, 4) is 0 Å². The molecule has 0 saturated carbocycles. The maximum absolute atomic E-state index is 5.45. The minimum absolute atomic E-state index is 0.260. The molecular weight excluding hydrogens is 258 g/mol. The Hall–Kier alpha value is -0.200. The maximum Gasteiger partial charge on any atom is 0.0701 e. The summed E-state index contributed by atoms with van der Waals surface area (Å²) in [5.74, 6) is 0. The molecule has 0 saturated heterocycles. The minimum Gasteiger partial charge on any atom is -0.379 e. The van der Waals surface area contributed by atoms with Crippen molar-refractivity contribution in [2.24, 2.45) is 0 Å². The van der Waals surface area contributed by atoms with Crippen LogP contribution in [0.2, 0.25) is 0 Å². The molecule has 0 radical (unpaired) electrons. The molecule has 0 aromatic heterocycles. The zero-order chi connectivity index (χ0) is 14.9. The lowest BCUT2D eigenvalue weighted by molar-refractivity contribution is 0.0140. The van der Waals surface area contributed by atoms with Gasteiger partial charge in [-0.1, -0.05) is 13.3 Å². The highest BCUT2D eigenvalue weighted by Crippen LogP contribution is 1.88. The van der Waals surface area contributed by atoms with Gasteiger partial charge < -0.3 is 24.3 Å². The first-order valence-electron chi connectivity index (χ1n) is 7.86. The van der Waals surface area contributed by atoms with Gasteiger partial charge in [0, 0.05) is 26.3 Å². The lowest BCUT2D eigenvalue weighted by atomic mass is 10.4. The Morgan fingerprint density at radius 3 is 2.05 bits per heavy atom. The average molecular weight is 291 g/mol. The summed E-state index contributed by atoms with van der Waals surface area (Å²) < 4.78 is 21.7. The molecule has 1 atom stereocenters. The summed E-state index contributed by atoms with van der Waals surface area (Å²) in [7, 11) is 0. The molecule has 0 amide bonds. The smallest absolute Gasteiger partial charge is 0.0701 e. The molecule has 122 valence electrons. The van der Waals surface area contributed by atoms with Crippen molar-refractivity contribution in [3.63, 3.8) is 0 Å². The van der Waals surface area contributed by atoms with Crippen LogP contribution in [0.3, 0.4) is 0 Å². The van der Waals surface area contributed by atoms with Gasteiger partial charge in [-0.25, -0.2) is 0 Å². The van der Waals surface area contributed by atoms with E-state index in [2.05, 4.69) is 19.2 Å². The molecule has 0 aliphatic heterocycles. The van der Waals surface area contributed by atoms with Gasteiger partial charge in [0.15, 0.2) is 0 Å². The maximum atomic E-state index is 5.45. The molecule has 5 heteroatoms. The van der Waals surface area contributed by atoms with Crippen molar-refractivity contribution in [2.45, 2.75) is 39.7 Å². The van der Waals surface area contributed by atoms with Crippen molar-refractivity contribution >= 4 is 0 Å². The van der Waals surface area contributed by atoms with Crippen LogP contribution in [-0.2, 0) is 18.9 Å². The quantitative estimate of drug-likeness (QED) is 0.440. The van der Waals surface area contributed by atoms with Crippen molar-refractivity contribution in [1.29, 1.82) is 0 Å². The molecule has 0 heterocycles. The lowest BCUT2D eigenvalue weighted by Gasteiger charge is -2.12. The highest BCUT2D eigenvalue weighted by Gasteiger charge is 1.98. The highest BCUT2D eigenvalue weighted by molar-refractivity contribution is 4.54. The van der Waals surface area contributed by atoms with E-state index in [0.29, 0.717) is 33.0 Å². The van der Waals surface area contributed by atoms with E-state index in [1.54, 1.807) is 0 Å². The van der Waals surface area contributed by atoms with Crippen LogP contribution in [0.1, 0.15) is 33.6 Å². The van der Waals surface area contributed by atoms with Gasteiger partial charge in [0.2, 0.25) is 0 Å². The number of ether oxygens (including phenoxy) is 4. The molecule has 0 fully saturated rings. The van der Waals surface area contributed by atoms with Crippen LogP contribution in [0.5, 0.6) is 0 Å². The third-order valence-electron chi connectivity index (χ3n) is 2.69. The fourth-order valence-corrected chi connectivity index (χ4v) is 1.58. The first-order chi connectivity index (χ1) is 9.81. The first-order valence-corrected chi connectivity index (χ1v) is 7.86. The third kappa shape index (κ3) is 15.9. The normalized spacial score (nSPS) is 12.8. The van der Waals surface area contributed by atoms with Crippen LogP contribution >= 0.6 is 0 Å². The fourth-order valence-electron chi connectivity index (χ4n) is 1.58. The Kier molecular flexibility index (Phi) is 16.7. The van der Waals surface area contributed by atoms with E-state index in [1.807, 2.05) is 6.92 Å². The van der Waals surface area contributed by atoms with E-state index in [4.69, 9.17) is 18.9 Å². The summed E-state index contributed by atoms with van der Waals surface area (Å²) >= 11 is 0. The summed E-state index contributed by atoms with van der Waals surface area (Å²) in [4.78, 5) is 0. The fraction of sp³-hybridized carbons (Fsp3) is 1.00. The summed E-state index contributed by atoms with van der Waals surface area (Å²) in [6.07, 6.45) is 2.56. The predicted molar refractivity (Wildman–Crippen MR) is 81.3 cm³/mol. The summed E-state index contributed by atoms with van der Waals surface area (Å²) in [6.45, 7) is 12.8. The standard InChI is InChI=1S/C15H33NO4/c1-4-6-8-17-10-12-19-13-11-18-9-7-16-14-15(3)20-5-2/h15-16H,4-14H2,1-3H3. The molecule has 20 heavy (non-hydrogen) atoms. The number of nitrogens with one attached hydrogen (secondary N) is 1. The molecule has 1 N–H and O–H groups in total. The van der Waals surface area contributed by atoms with E-state index in [1.165, 1.54) is 6.42 Å². The van der Waals surface area contributed by atoms with Crippen molar-refractivity contribution < 1.29 is 18.9 Å². The summed E-state index contributed by atoms with van der Waals surface area (Å²) in [5, 5.41) is 3.29. The SMILES string of the molecule is CCCCOCCOCCOCCNCC(C)OCC. The zero-order valence-corrected chi connectivity index (χ0v) is 13.5. The molecule has 0 aliphatic carbocycles. The van der Waals surface area contributed by atoms with Crippen LogP contribution in [-0.4, -0.2) is 65.4 Å². The molecule has 0 aromatic carbocycles. The van der Waals surface area contributed by atoms with Gasteiger partial charge in [0.05, 0.1) is 39.1 Å². The van der Waals surface area contributed by atoms with Crippen LogP contribution in [0, 0.1) is 0 Å². The molecule has 0 aliphatic rings. The van der Waals surface area contributed by atoms with Crippen molar-refractivity contribution in [3.05, 3.63) is 0 Å². The second kappa shape index (κ2) is 16.9. The lowest BCUT2D eigenvalue weighted by Crippen LogP contribution is -2.29. The molecular formula is C15H33NO4. The molecule has 5 nitrogen and oxygen atoms in total. The van der Waals surface area contributed by atoms with Crippen LogP contribution in [0.15, 0.2) is 0 Å². The predicted octanol–water partition coefficient (Wildman–Crippen LogP) is 1.85. The number of unbranched alkanes of at least 4 members (excludes halogenated alkanes) is 1. The Morgan fingerprint density at radius 1 is 0.850 bits per heavy atom. The molecule has 0 rings (SSSR count). The van der Waals surface area contributed by atoms with Gasteiger partial charge in [-0.15, -0.1) is 0 Å². The monoisotopic (exact) mass is 291 g/mol. The Balaban J connectivity index is 2.99. The Morgan fingerprint density at radius 2 is 1.45 bits per heavy atom. The second-order valence-electron chi connectivity index (χ2n) is 4.66. The third-order valence-corrected chi connectivity index (χ3v) is 2.69. The Bertz CT molecular complexity index is 181. The summed E-state index contributed by atoms with van der Waals surface area (Å²) in [5.41, 5.74) is 0. The average Bonchev–Trinajstić information content (AvgIpc) is 2.44. The minimum atomic E-state index is 0.260. The first kappa shape index (κ1) is 19.8. The molecule has 1 unspecified atom stereocenters. The zero-order valence-electron chi connectivity index (χ0n) is 13.5. The molecule has 0 bridgehead atoms. The molecule has 0 aromatic rings. The van der Waals surface area contributed by atoms with Gasteiger partial charge in [-0.05, 0) is 20.3 Å². The van der Waals surface area contributed by atoms with Crippen molar-refractivity contribution in [1.82, 2.24) is 5.32 Å². The second-order valence-corrected chi connectivity index (χ2v) is 4.66. The van der Waals surface area contributed by atoms with E-state index in [9.17, 15) is 0 Å². The topological polar surface area (TPSA) is 49.0 Å². The van der Waals surface area contributed by atoms with Crippen LogP contribution in [0.25, 0.3) is 0 Å². The highest BCUT2D eigenvalue weighted by atomic mass is 16.5. The van der Waals surface area contributed by atoms with Gasteiger partial charge in [-0.3, -0.25) is 0 Å². The van der Waals surface area contributed by atoms with E-state index in [0.717, 1.165) is 32.7 Å². The number of rotatable bonds is 16. The van der Waals surface area contributed by atoms with Gasteiger partial charge in [0.25, 0.3) is 0 Å². The number of hydrogen-bond acceptors (Lipinski definition) is 5. The largest absolute Gasteiger partial charge is 0.379 e. The van der Waals surface area contributed by atoms with Crippen LogP contribution in [0.4, 0.5) is 0 Å². The molecule has 0 spiro atoms. The Labute approximate surface area is 124 Å².